The topological polar surface area (TPSA) is 67.2 Å². The van der Waals surface area contributed by atoms with Gasteiger partial charge in [-0.25, -0.2) is 4.68 Å². The van der Waals surface area contributed by atoms with Gasteiger partial charge in [0.25, 0.3) is 0 Å². The lowest BCUT2D eigenvalue weighted by molar-refractivity contribution is -0.139. The van der Waals surface area contributed by atoms with Gasteiger partial charge in [0.1, 0.15) is 6.04 Å². The van der Waals surface area contributed by atoms with E-state index in [1.165, 1.54) is 0 Å². The zero-order chi connectivity index (χ0) is 16.3. The van der Waals surface area contributed by atoms with Crippen LogP contribution in [-0.4, -0.2) is 26.9 Å². The van der Waals surface area contributed by atoms with Gasteiger partial charge >= 0.3 is 5.97 Å². The third-order valence-electron chi connectivity index (χ3n) is 3.43. The molecule has 0 saturated carbocycles. The van der Waals surface area contributed by atoms with Crippen molar-refractivity contribution < 1.29 is 9.90 Å². The zero-order valence-corrected chi connectivity index (χ0v) is 14.5. The van der Waals surface area contributed by atoms with E-state index >= 15 is 0 Å². The smallest absolute Gasteiger partial charge is 0.320 e. The summed E-state index contributed by atoms with van der Waals surface area (Å²) in [5, 5.41) is 16.6. The molecule has 6 heteroatoms. The van der Waals surface area contributed by atoms with Gasteiger partial charge in [-0.05, 0) is 37.1 Å². The normalized spacial score (nSPS) is 12.6. The van der Waals surface area contributed by atoms with Crippen LogP contribution in [0.25, 0.3) is 5.69 Å². The fraction of sp³-hybridized carbons (Fsp3) is 0.375. The predicted octanol–water partition coefficient (Wildman–Crippen LogP) is 3.32. The molecule has 2 N–H and O–H groups in total. The molecule has 0 spiro atoms. The molecule has 0 saturated heterocycles. The molecule has 0 amide bonds. The Morgan fingerprint density at radius 2 is 1.95 bits per heavy atom. The van der Waals surface area contributed by atoms with Crippen LogP contribution in [-0.2, 0) is 11.3 Å². The lowest BCUT2D eigenvalue weighted by Gasteiger charge is -2.09. The van der Waals surface area contributed by atoms with Crippen LogP contribution in [0, 0.1) is 0 Å². The number of carboxylic acid groups (broad SMARTS) is 1. The van der Waals surface area contributed by atoms with Crippen molar-refractivity contribution in [2.45, 2.75) is 39.3 Å². The summed E-state index contributed by atoms with van der Waals surface area (Å²) in [6.07, 6.45) is 1.96. The van der Waals surface area contributed by atoms with Crippen LogP contribution in [0.3, 0.4) is 0 Å². The highest BCUT2D eigenvalue weighted by Crippen LogP contribution is 2.21. The van der Waals surface area contributed by atoms with Gasteiger partial charge in [0, 0.05) is 22.8 Å². The molecule has 5 nitrogen and oxygen atoms in total. The molecular weight excluding hydrogens is 346 g/mol. The maximum absolute atomic E-state index is 10.9. The molecule has 0 aliphatic carbocycles. The number of rotatable bonds is 6. The Labute approximate surface area is 138 Å². The Morgan fingerprint density at radius 3 is 2.50 bits per heavy atom. The van der Waals surface area contributed by atoms with Gasteiger partial charge in [0.05, 0.1) is 11.4 Å². The number of nitrogens with one attached hydrogen (secondary N) is 1. The first-order valence-electron chi connectivity index (χ1n) is 7.19. The molecule has 22 heavy (non-hydrogen) atoms. The van der Waals surface area contributed by atoms with Crippen molar-refractivity contribution >= 4 is 21.9 Å². The summed E-state index contributed by atoms with van der Waals surface area (Å²) >= 11 is 3.42. The Bertz CT molecular complexity index is 650. The summed E-state index contributed by atoms with van der Waals surface area (Å²) in [6.45, 7) is 6.28. The number of aromatic nitrogens is 2. The molecule has 2 rings (SSSR count). The lowest BCUT2D eigenvalue weighted by Crippen LogP contribution is -2.33. The molecule has 118 valence electrons. The van der Waals surface area contributed by atoms with E-state index < -0.39 is 12.0 Å². The Hall–Kier alpha value is -1.66. The van der Waals surface area contributed by atoms with Crippen LogP contribution >= 0.6 is 15.9 Å². The van der Waals surface area contributed by atoms with Crippen molar-refractivity contribution in [2.75, 3.05) is 0 Å². The quantitative estimate of drug-likeness (QED) is 0.823. The lowest BCUT2D eigenvalue weighted by atomic mass is 10.1. The minimum Gasteiger partial charge on any atom is -0.480 e. The number of aliphatic carboxylic acids is 1. The fourth-order valence-electron chi connectivity index (χ4n) is 2.12. The van der Waals surface area contributed by atoms with Gasteiger partial charge in [-0.15, -0.1) is 0 Å². The van der Waals surface area contributed by atoms with Crippen LogP contribution in [0.4, 0.5) is 0 Å². The van der Waals surface area contributed by atoms with Crippen molar-refractivity contribution in [3.63, 3.8) is 0 Å². The van der Waals surface area contributed by atoms with Crippen molar-refractivity contribution in [2.24, 2.45) is 0 Å². The first-order valence-corrected chi connectivity index (χ1v) is 7.98. The number of carboxylic acids is 1. The first kappa shape index (κ1) is 16.7. The molecule has 1 heterocycles. The van der Waals surface area contributed by atoms with E-state index in [4.69, 9.17) is 5.11 Å². The number of nitrogens with zero attached hydrogens (tertiary/aromatic N) is 2. The van der Waals surface area contributed by atoms with Gasteiger partial charge < -0.3 is 10.4 Å². The molecule has 1 atom stereocenters. The van der Waals surface area contributed by atoms with E-state index in [2.05, 4.69) is 40.2 Å². The van der Waals surface area contributed by atoms with Gasteiger partial charge in [-0.2, -0.15) is 5.10 Å². The monoisotopic (exact) mass is 365 g/mol. The largest absolute Gasteiger partial charge is 0.480 e. The van der Waals surface area contributed by atoms with E-state index in [1.807, 2.05) is 35.1 Å². The van der Waals surface area contributed by atoms with Crippen molar-refractivity contribution in [1.29, 1.82) is 0 Å². The summed E-state index contributed by atoms with van der Waals surface area (Å²) < 4.78 is 2.86. The molecule has 0 aliphatic heterocycles. The minimum atomic E-state index is -0.855. The highest BCUT2D eigenvalue weighted by Gasteiger charge is 2.16. The minimum absolute atomic E-state index is 0.272. The number of halogens is 1. The molecule has 0 radical (unpaired) electrons. The molecule has 0 aliphatic rings. The van der Waals surface area contributed by atoms with Crippen LogP contribution in [0.1, 0.15) is 37.9 Å². The van der Waals surface area contributed by atoms with E-state index in [1.54, 1.807) is 6.92 Å². The highest BCUT2D eigenvalue weighted by molar-refractivity contribution is 9.10. The highest BCUT2D eigenvalue weighted by atomic mass is 79.9. The number of hydrogen-bond donors (Lipinski definition) is 2. The van der Waals surface area contributed by atoms with Gasteiger partial charge in [-0.3, -0.25) is 4.79 Å². The van der Waals surface area contributed by atoms with Gasteiger partial charge in [0.15, 0.2) is 0 Å². The number of benzene rings is 1. The number of hydrogen-bond acceptors (Lipinski definition) is 3. The molecular formula is C16H20BrN3O2. The molecule has 1 unspecified atom stereocenters. The summed E-state index contributed by atoms with van der Waals surface area (Å²) in [5.41, 5.74) is 2.97. The van der Waals surface area contributed by atoms with Crippen LogP contribution in [0.15, 0.2) is 34.9 Å². The molecule has 1 aromatic heterocycles. The Kier molecular flexibility index (Phi) is 5.37. The average molecular weight is 366 g/mol. The van der Waals surface area contributed by atoms with E-state index in [-0.39, 0.29) is 5.92 Å². The summed E-state index contributed by atoms with van der Waals surface area (Å²) in [6, 6.07) is 7.32. The predicted molar refractivity (Wildman–Crippen MR) is 89.3 cm³/mol. The summed E-state index contributed by atoms with van der Waals surface area (Å²) in [5.74, 6) is -0.583. The van der Waals surface area contributed by atoms with E-state index in [9.17, 15) is 4.79 Å². The van der Waals surface area contributed by atoms with Crippen LogP contribution in [0.2, 0.25) is 0 Å². The standard InChI is InChI=1S/C16H20BrN3O2/c1-10(2)15-12(8-18-11(3)16(21)22)9-20(19-15)14-6-4-13(17)5-7-14/h4-7,9-11,18H,8H2,1-3H3,(H,21,22). The second kappa shape index (κ2) is 7.07. The van der Waals surface area contributed by atoms with Gasteiger partial charge in [0.2, 0.25) is 0 Å². The van der Waals surface area contributed by atoms with Crippen LogP contribution in [0.5, 0.6) is 0 Å². The van der Waals surface area contributed by atoms with Crippen molar-refractivity contribution in [1.82, 2.24) is 15.1 Å². The summed E-state index contributed by atoms with van der Waals surface area (Å²) in [4.78, 5) is 10.9. The SMILES string of the molecule is CC(NCc1cn(-c2ccc(Br)cc2)nc1C(C)C)C(=O)O. The second-order valence-corrected chi connectivity index (χ2v) is 6.47. The molecule has 0 fully saturated rings. The first-order chi connectivity index (χ1) is 10.4. The Balaban J connectivity index is 2.25. The zero-order valence-electron chi connectivity index (χ0n) is 12.9. The maximum atomic E-state index is 10.9. The van der Waals surface area contributed by atoms with Gasteiger partial charge in [-0.1, -0.05) is 29.8 Å². The summed E-state index contributed by atoms with van der Waals surface area (Å²) in [7, 11) is 0. The average Bonchev–Trinajstić information content (AvgIpc) is 2.89. The van der Waals surface area contributed by atoms with E-state index in [0.717, 1.165) is 21.4 Å². The van der Waals surface area contributed by atoms with Crippen molar-refractivity contribution in [3.05, 3.63) is 46.2 Å². The van der Waals surface area contributed by atoms with Crippen LogP contribution < -0.4 is 5.32 Å². The molecule has 1 aromatic carbocycles. The van der Waals surface area contributed by atoms with Crippen molar-refractivity contribution in [3.8, 4) is 5.69 Å². The van der Waals surface area contributed by atoms with E-state index in [0.29, 0.717) is 6.54 Å². The third kappa shape index (κ3) is 3.96. The molecule has 0 bridgehead atoms. The maximum Gasteiger partial charge on any atom is 0.320 e. The number of carbonyl (C=O) groups is 1. The second-order valence-electron chi connectivity index (χ2n) is 5.56. The third-order valence-corrected chi connectivity index (χ3v) is 3.96. The molecule has 2 aromatic rings. The fourth-order valence-corrected chi connectivity index (χ4v) is 2.39. The Morgan fingerprint density at radius 1 is 1.32 bits per heavy atom.